The Hall–Kier alpha value is -1.75. The number of hydrogen-bond donors (Lipinski definition) is 3. The van der Waals surface area contributed by atoms with Gasteiger partial charge in [0.1, 0.15) is 0 Å². The van der Waals surface area contributed by atoms with Gasteiger partial charge in [0.05, 0.1) is 5.69 Å². The Morgan fingerprint density at radius 2 is 1.79 bits per heavy atom. The highest BCUT2D eigenvalue weighted by atomic mass is 35.5. The van der Waals surface area contributed by atoms with E-state index in [0.717, 1.165) is 29.7 Å². The summed E-state index contributed by atoms with van der Waals surface area (Å²) in [5.41, 5.74) is 8.29. The smallest absolute Gasteiger partial charge is 0.328 e. The van der Waals surface area contributed by atoms with E-state index >= 15 is 0 Å². The van der Waals surface area contributed by atoms with Gasteiger partial charge in [0, 0.05) is 7.05 Å². The number of rotatable bonds is 3. The maximum Gasteiger partial charge on any atom is 0.328 e. The van der Waals surface area contributed by atoms with Crippen LogP contribution < -0.4 is 16.0 Å². The first-order chi connectivity index (χ1) is 8.56. The minimum Gasteiger partial charge on any atom is -0.369 e. The summed E-state index contributed by atoms with van der Waals surface area (Å²) in [6.45, 7) is 4.03. The van der Waals surface area contributed by atoms with Crippen molar-refractivity contribution in [2.45, 2.75) is 26.7 Å². The molecule has 0 aliphatic carbocycles. The van der Waals surface area contributed by atoms with E-state index in [1.807, 2.05) is 32.0 Å². The molecule has 0 unspecified atom stereocenters. The molecule has 0 bridgehead atoms. The van der Waals surface area contributed by atoms with Crippen LogP contribution in [0.15, 0.2) is 18.2 Å². The van der Waals surface area contributed by atoms with Gasteiger partial charge in [0.2, 0.25) is 5.96 Å². The van der Waals surface area contributed by atoms with E-state index in [2.05, 4.69) is 5.32 Å². The lowest BCUT2D eigenvalue weighted by Crippen LogP contribution is -2.47. The van der Waals surface area contributed by atoms with Crippen LogP contribution in [0.1, 0.15) is 25.0 Å². The summed E-state index contributed by atoms with van der Waals surface area (Å²) in [5.74, 6) is -0.273. The molecule has 0 atom stereocenters. The predicted molar refractivity (Wildman–Crippen MR) is 81.3 cm³/mol. The van der Waals surface area contributed by atoms with Crippen LogP contribution in [0.25, 0.3) is 0 Å². The molecule has 1 rings (SSSR count). The molecule has 0 spiro atoms. The maximum absolute atomic E-state index is 11.9. The molecule has 0 radical (unpaired) electrons. The Labute approximate surface area is 120 Å². The summed E-state index contributed by atoms with van der Waals surface area (Å²) < 4.78 is 0. The zero-order valence-corrected chi connectivity index (χ0v) is 12.3. The number of nitrogens with two attached hydrogens (primary N) is 1. The van der Waals surface area contributed by atoms with E-state index in [9.17, 15) is 4.79 Å². The maximum atomic E-state index is 11.9. The standard InChI is InChI=1S/C13H20N4O.ClH/c1-4-9-7-6-8-10(5-2)11(9)17(12(14)15)13(18)16-3;/h6-8H,4-5H2,1-3H3,(H3,14,15)(H,16,18);1H. The molecule has 0 aliphatic heterocycles. The van der Waals surface area contributed by atoms with E-state index in [4.69, 9.17) is 11.1 Å². The number of carbonyl (C=O) groups excluding carboxylic acids is 1. The monoisotopic (exact) mass is 284 g/mol. The number of nitrogens with zero attached hydrogens (tertiary/aromatic N) is 1. The Morgan fingerprint density at radius 3 is 2.11 bits per heavy atom. The van der Waals surface area contributed by atoms with Gasteiger partial charge in [0.15, 0.2) is 0 Å². The zero-order chi connectivity index (χ0) is 13.7. The van der Waals surface area contributed by atoms with Gasteiger partial charge >= 0.3 is 6.03 Å². The van der Waals surface area contributed by atoms with Crippen molar-refractivity contribution in [2.75, 3.05) is 11.9 Å². The van der Waals surface area contributed by atoms with Crippen molar-refractivity contribution >= 4 is 30.1 Å². The van der Waals surface area contributed by atoms with E-state index < -0.39 is 6.03 Å². The van der Waals surface area contributed by atoms with Gasteiger partial charge in [-0.05, 0) is 24.0 Å². The van der Waals surface area contributed by atoms with E-state index in [0.29, 0.717) is 0 Å². The third-order valence-electron chi connectivity index (χ3n) is 2.85. The van der Waals surface area contributed by atoms with Gasteiger partial charge in [-0.1, -0.05) is 32.0 Å². The third kappa shape index (κ3) is 3.61. The summed E-state index contributed by atoms with van der Waals surface area (Å²) in [6, 6.07) is 5.47. The van der Waals surface area contributed by atoms with Crippen LogP contribution in [0.4, 0.5) is 10.5 Å². The van der Waals surface area contributed by atoms with E-state index in [1.165, 1.54) is 11.9 Å². The molecule has 6 heteroatoms. The number of hydrogen-bond acceptors (Lipinski definition) is 2. The van der Waals surface area contributed by atoms with Crippen LogP contribution in [-0.4, -0.2) is 19.0 Å². The van der Waals surface area contributed by atoms with Crippen LogP contribution in [0.5, 0.6) is 0 Å². The highest BCUT2D eigenvalue weighted by Crippen LogP contribution is 2.26. The topological polar surface area (TPSA) is 82.2 Å². The molecule has 0 saturated carbocycles. The molecule has 2 amide bonds. The zero-order valence-electron chi connectivity index (χ0n) is 11.5. The van der Waals surface area contributed by atoms with Crippen molar-refractivity contribution in [1.29, 1.82) is 5.41 Å². The van der Waals surface area contributed by atoms with Crippen molar-refractivity contribution in [3.63, 3.8) is 0 Å². The summed E-state index contributed by atoms with van der Waals surface area (Å²) in [7, 11) is 1.53. The molecule has 1 aromatic rings. The average molecular weight is 285 g/mol. The second-order valence-electron chi connectivity index (χ2n) is 3.91. The fourth-order valence-corrected chi connectivity index (χ4v) is 1.95. The number of benzene rings is 1. The lowest BCUT2D eigenvalue weighted by molar-refractivity contribution is 0.251. The van der Waals surface area contributed by atoms with Crippen molar-refractivity contribution in [3.05, 3.63) is 29.3 Å². The van der Waals surface area contributed by atoms with Crippen molar-refractivity contribution in [2.24, 2.45) is 5.73 Å². The molecule has 0 fully saturated rings. The molecular weight excluding hydrogens is 264 g/mol. The second kappa shape index (κ2) is 7.63. The van der Waals surface area contributed by atoms with Crippen LogP contribution in [0, 0.1) is 5.41 Å². The molecule has 1 aromatic carbocycles. The Morgan fingerprint density at radius 1 is 1.32 bits per heavy atom. The van der Waals surface area contributed by atoms with Crippen LogP contribution in [0.3, 0.4) is 0 Å². The highest BCUT2D eigenvalue weighted by molar-refractivity contribution is 6.14. The van der Waals surface area contributed by atoms with E-state index in [1.54, 1.807) is 0 Å². The number of para-hydroxylation sites is 1. The molecule has 106 valence electrons. The van der Waals surface area contributed by atoms with E-state index in [-0.39, 0.29) is 18.4 Å². The number of anilines is 1. The summed E-state index contributed by atoms with van der Waals surface area (Å²) in [4.78, 5) is 13.1. The van der Waals surface area contributed by atoms with Gasteiger partial charge in [-0.3, -0.25) is 5.41 Å². The molecule has 5 nitrogen and oxygen atoms in total. The van der Waals surface area contributed by atoms with Gasteiger partial charge in [-0.25, -0.2) is 9.69 Å². The summed E-state index contributed by atoms with van der Waals surface area (Å²) >= 11 is 0. The van der Waals surface area contributed by atoms with Crippen LogP contribution in [-0.2, 0) is 12.8 Å². The number of amides is 2. The SMILES string of the molecule is CCc1cccc(CC)c1N(C(=N)N)C(=O)NC.Cl. The molecule has 0 heterocycles. The summed E-state index contributed by atoms with van der Waals surface area (Å²) in [6.07, 6.45) is 1.56. The minimum atomic E-state index is -0.391. The van der Waals surface area contributed by atoms with Gasteiger partial charge in [-0.2, -0.15) is 0 Å². The second-order valence-corrected chi connectivity index (χ2v) is 3.91. The molecule has 0 aliphatic rings. The molecular formula is C13H21ClN4O. The molecule has 4 N–H and O–H groups in total. The normalized spacial score (nSPS) is 9.42. The van der Waals surface area contributed by atoms with Crippen molar-refractivity contribution in [3.8, 4) is 0 Å². The Balaban J connectivity index is 0.00000324. The van der Waals surface area contributed by atoms with Gasteiger partial charge in [-0.15, -0.1) is 12.4 Å². The molecule has 19 heavy (non-hydrogen) atoms. The quantitative estimate of drug-likeness (QED) is 0.588. The fraction of sp³-hybridized carbons (Fsp3) is 0.385. The summed E-state index contributed by atoms with van der Waals surface area (Å²) in [5, 5.41) is 10.1. The number of urea groups is 1. The number of nitrogens with one attached hydrogen (secondary N) is 2. The first kappa shape index (κ1) is 17.2. The lowest BCUT2D eigenvalue weighted by atomic mass is 10.0. The highest BCUT2D eigenvalue weighted by Gasteiger charge is 2.22. The van der Waals surface area contributed by atoms with Crippen LogP contribution >= 0.6 is 12.4 Å². The van der Waals surface area contributed by atoms with Crippen molar-refractivity contribution in [1.82, 2.24) is 5.32 Å². The molecule has 0 saturated heterocycles. The number of aryl methyl sites for hydroxylation is 2. The number of guanidine groups is 1. The van der Waals surface area contributed by atoms with Crippen molar-refractivity contribution < 1.29 is 4.79 Å². The average Bonchev–Trinajstić information content (AvgIpc) is 2.38. The first-order valence-electron chi connectivity index (χ1n) is 6.03. The number of carbonyl (C=O) groups is 1. The lowest BCUT2D eigenvalue weighted by Gasteiger charge is -2.25. The first-order valence-corrected chi connectivity index (χ1v) is 6.03. The third-order valence-corrected chi connectivity index (χ3v) is 2.85. The largest absolute Gasteiger partial charge is 0.369 e. The van der Waals surface area contributed by atoms with Gasteiger partial charge in [0.25, 0.3) is 0 Å². The van der Waals surface area contributed by atoms with Crippen LogP contribution in [0.2, 0.25) is 0 Å². The van der Waals surface area contributed by atoms with Gasteiger partial charge < -0.3 is 11.1 Å². The fourth-order valence-electron chi connectivity index (χ4n) is 1.95. The minimum absolute atomic E-state index is 0. The molecule has 0 aromatic heterocycles. The Bertz CT molecular complexity index is 440. The Kier molecular flexibility index (Phi) is 6.93. The predicted octanol–water partition coefficient (Wildman–Crippen LogP) is 2.27. The number of halogens is 1.